The third kappa shape index (κ3) is 3.75. The highest BCUT2D eigenvalue weighted by Crippen LogP contribution is 2.09. The zero-order chi connectivity index (χ0) is 15.9. The maximum atomic E-state index is 12.6. The van der Waals surface area contributed by atoms with E-state index in [2.05, 4.69) is 11.9 Å². The predicted molar refractivity (Wildman–Crippen MR) is 89.5 cm³/mol. The molecule has 0 unspecified atom stereocenters. The van der Waals surface area contributed by atoms with Crippen LogP contribution in [-0.4, -0.2) is 9.55 Å². The highest BCUT2D eigenvalue weighted by molar-refractivity contribution is 5.26. The Kier molecular flexibility index (Phi) is 5.75. The summed E-state index contributed by atoms with van der Waals surface area (Å²) in [6.07, 6.45) is 4.18. The monoisotopic (exact) mass is 300 g/mol. The molecule has 0 spiro atoms. The number of aromatic nitrogens is 2. The van der Waals surface area contributed by atoms with Crippen LogP contribution in [0.4, 0.5) is 0 Å². The van der Waals surface area contributed by atoms with Gasteiger partial charge in [-0.05, 0) is 18.4 Å². The van der Waals surface area contributed by atoms with E-state index in [0.717, 1.165) is 36.1 Å². The van der Waals surface area contributed by atoms with Crippen molar-refractivity contribution in [3.05, 3.63) is 68.0 Å². The normalized spacial score (nSPS) is 10.8. The van der Waals surface area contributed by atoms with Crippen LogP contribution in [0.5, 0.6) is 0 Å². The molecule has 0 aliphatic carbocycles. The van der Waals surface area contributed by atoms with Gasteiger partial charge in [-0.25, -0.2) is 4.79 Å². The summed E-state index contributed by atoms with van der Waals surface area (Å²) in [7, 11) is 0. The van der Waals surface area contributed by atoms with Crippen molar-refractivity contribution in [2.45, 2.75) is 52.5 Å². The van der Waals surface area contributed by atoms with Gasteiger partial charge < -0.3 is 4.98 Å². The average molecular weight is 300 g/mol. The predicted octanol–water partition coefficient (Wildman–Crippen LogP) is 2.88. The number of nitrogens with one attached hydrogen (secondary N) is 1. The number of rotatable bonds is 7. The van der Waals surface area contributed by atoms with Crippen molar-refractivity contribution >= 4 is 0 Å². The number of hydrogen-bond donors (Lipinski definition) is 1. The first-order valence-electron chi connectivity index (χ1n) is 8.06. The van der Waals surface area contributed by atoms with Crippen molar-refractivity contribution in [1.82, 2.24) is 9.55 Å². The Morgan fingerprint density at radius 2 is 1.77 bits per heavy atom. The van der Waals surface area contributed by atoms with E-state index >= 15 is 0 Å². The summed E-state index contributed by atoms with van der Waals surface area (Å²) >= 11 is 0. The molecule has 118 valence electrons. The van der Waals surface area contributed by atoms with Gasteiger partial charge in [0.2, 0.25) is 0 Å². The van der Waals surface area contributed by atoms with Gasteiger partial charge in [-0.3, -0.25) is 9.36 Å². The van der Waals surface area contributed by atoms with Crippen molar-refractivity contribution in [2.75, 3.05) is 0 Å². The number of benzene rings is 1. The van der Waals surface area contributed by atoms with E-state index in [1.807, 2.05) is 37.3 Å². The Morgan fingerprint density at radius 3 is 2.41 bits per heavy atom. The summed E-state index contributed by atoms with van der Waals surface area (Å²) < 4.78 is 1.35. The fourth-order valence-electron chi connectivity index (χ4n) is 2.69. The van der Waals surface area contributed by atoms with Crippen molar-refractivity contribution in [3.63, 3.8) is 0 Å². The van der Waals surface area contributed by atoms with Gasteiger partial charge in [0.1, 0.15) is 0 Å². The van der Waals surface area contributed by atoms with Crippen molar-refractivity contribution in [1.29, 1.82) is 0 Å². The van der Waals surface area contributed by atoms with Crippen LogP contribution >= 0.6 is 0 Å². The van der Waals surface area contributed by atoms with Crippen molar-refractivity contribution in [2.24, 2.45) is 0 Å². The second kappa shape index (κ2) is 7.78. The van der Waals surface area contributed by atoms with E-state index < -0.39 is 0 Å². The minimum atomic E-state index is -0.288. The van der Waals surface area contributed by atoms with Gasteiger partial charge in [-0.2, -0.15) is 0 Å². The molecular weight excluding hydrogens is 276 g/mol. The molecule has 0 bridgehead atoms. The van der Waals surface area contributed by atoms with Crippen LogP contribution in [0.1, 0.15) is 49.9 Å². The molecule has 2 rings (SSSR count). The maximum Gasteiger partial charge on any atom is 0.328 e. The lowest BCUT2D eigenvalue weighted by Crippen LogP contribution is -2.38. The van der Waals surface area contributed by atoms with Gasteiger partial charge in [-0.15, -0.1) is 0 Å². The highest BCUT2D eigenvalue weighted by atomic mass is 16.2. The number of unbranched alkanes of at least 4 members (excludes halogenated alkanes) is 2. The minimum Gasteiger partial charge on any atom is -0.310 e. The van der Waals surface area contributed by atoms with Crippen molar-refractivity contribution < 1.29 is 0 Å². The van der Waals surface area contributed by atoms with Crippen LogP contribution in [0, 0.1) is 0 Å². The van der Waals surface area contributed by atoms with Gasteiger partial charge >= 0.3 is 5.69 Å². The van der Waals surface area contributed by atoms with Gasteiger partial charge in [-0.1, -0.05) is 57.0 Å². The molecule has 0 amide bonds. The SMILES string of the molecule is CCCCCn1c(=O)[nH]c(Cc2ccccc2)c(CC)c1=O. The Balaban J connectivity index is 2.36. The molecule has 2 aromatic rings. The summed E-state index contributed by atoms with van der Waals surface area (Å²) in [5.74, 6) is 0. The zero-order valence-electron chi connectivity index (χ0n) is 13.4. The Morgan fingerprint density at radius 1 is 1.05 bits per heavy atom. The number of aromatic amines is 1. The molecule has 4 nitrogen and oxygen atoms in total. The van der Waals surface area contributed by atoms with Gasteiger partial charge in [0.05, 0.1) is 0 Å². The van der Waals surface area contributed by atoms with Crippen LogP contribution in [0.25, 0.3) is 0 Å². The molecule has 1 heterocycles. The second-order valence-corrected chi connectivity index (χ2v) is 5.57. The number of nitrogens with zero attached hydrogens (tertiary/aromatic N) is 1. The van der Waals surface area contributed by atoms with E-state index in [1.54, 1.807) is 0 Å². The molecule has 0 saturated heterocycles. The summed E-state index contributed by atoms with van der Waals surface area (Å²) in [5.41, 5.74) is 2.14. The molecule has 1 aromatic carbocycles. The summed E-state index contributed by atoms with van der Waals surface area (Å²) in [4.78, 5) is 27.7. The molecular formula is C18H24N2O2. The minimum absolute atomic E-state index is 0.131. The van der Waals surface area contributed by atoms with Crippen LogP contribution in [0.3, 0.4) is 0 Å². The van der Waals surface area contributed by atoms with E-state index in [0.29, 0.717) is 19.4 Å². The van der Waals surface area contributed by atoms with Gasteiger partial charge in [0, 0.05) is 24.2 Å². The number of hydrogen-bond acceptors (Lipinski definition) is 2. The second-order valence-electron chi connectivity index (χ2n) is 5.57. The lowest BCUT2D eigenvalue weighted by atomic mass is 10.0. The van der Waals surface area contributed by atoms with Crippen LogP contribution in [0.15, 0.2) is 39.9 Å². The Hall–Kier alpha value is -2.10. The van der Waals surface area contributed by atoms with E-state index in [-0.39, 0.29) is 11.2 Å². The lowest BCUT2D eigenvalue weighted by molar-refractivity contribution is 0.555. The molecule has 0 radical (unpaired) electrons. The lowest BCUT2D eigenvalue weighted by Gasteiger charge is -2.11. The largest absolute Gasteiger partial charge is 0.328 e. The fraction of sp³-hybridized carbons (Fsp3) is 0.444. The fourth-order valence-corrected chi connectivity index (χ4v) is 2.69. The zero-order valence-corrected chi connectivity index (χ0v) is 13.4. The molecule has 1 N–H and O–H groups in total. The summed E-state index contributed by atoms with van der Waals surface area (Å²) in [5, 5.41) is 0. The first-order valence-corrected chi connectivity index (χ1v) is 8.06. The van der Waals surface area contributed by atoms with Gasteiger partial charge in [0.25, 0.3) is 5.56 Å². The smallest absolute Gasteiger partial charge is 0.310 e. The molecule has 22 heavy (non-hydrogen) atoms. The quantitative estimate of drug-likeness (QED) is 0.799. The molecule has 4 heteroatoms. The van der Waals surface area contributed by atoms with Crippen LogP contribution in [-0.2, 0) is 19.4 Å². The van der Waals surface area contributed by atoms with Gasteiger partial charge in [0.15, 0.2) is 0 Å². The Labute approximate surface area is 130 Å². The first kappa shape index (κ1) is 16.3. The van der Waals surface area contributed by atoms with E-state index in [4.69, 9.17) is 0 Å². The molecule has 0 atom stereocenters. The third-order valence-corrected chi connectivity index (χ3v) is 3.93. The molecule has 0 aliphatic heterocycles. The molecule has 1 aromatic heterocycles. The molecule has 0 saturated carbocycles. The maximum absolute atomic E-state index is 12.6. The van der Waals surface area contributed by atoms with E-state index in [9.17, 15) is 9.59 Å². The topological polar surface area (TPSA) is 54.9 Å². The summed E-state index contributed by atoms with van der Waals surface area (Å²) in [6.45, 7) is 4.56. The average Bonchev–Trinajstić information content (AvgIpc) is 2.52. The van der Waals surface area contributed by atoms with Crippen molar-refractivity contribution in [3.8, 4) is 0 Å². The summed E-state index contributed by atoms with van der Waals surface area (Å²) in [6, 6.07) is 9.89. The third-order valence-electron chi connectivity index (χ3n) is 3.93. The molecule has 0 fully saturated rings. The van der Waals surface area contributed by atoms with Crippen LogP contribution < -0.4 is 11.2 Å². The Bertz CT molecular complexity index is 714. The van der Waals surface area contributed by atoms with E-state index in [1.165, 1.54) is 4.57 Å². The standard InChI is InChI=1S/C18H24N2O2/c1-3-5-9-12-20-17(21)15(4-2)16(19-18(20)22)13-14-10-7-6-8-11-14/h6-8,10-11H,3-5,9,12-13H2,1-2H3,(H,19,22). The highest BCUT2D eigenvalue weighted by Gasteiger charge is 2.12. The molecule has 0 aliphatic rings. The van der Waals surface area contributed by atoms with Crippen LogP contribution in [0.2, 0.25) is 0 Å². The first-order chi connectivity index (χ1) is 10.7. The number of H-pyrrole nitrogens is 1.